The van der Waals surface area contributed by atoms with Crippen molar-refractivity contribution in [1.29, 1.82) is 5.26 Å². The fourth-order valence-corrected chi connectivity index (χ4v) is 4.11. The molecule has 2 rings (SSSR count). The zero-order valence-electron chi connectivity index (χ0n) is 13.4. The monoisotopic (exact) mass is 379 g/mol. The topological polar surface area (TPSA) is 64.4 Å². The van der Waals surface area contributed by atoms with E-state index in [1.807, 2.05) is 0 Å². The lowest BCUT2D eigenvalue weighted by molar-refractivity contribution is -0.139. The number of nitrogens with zero attached hydrogens (tertiary/aromatic N) is 3. The van der Waals surface area contributed by atoms with Gasteiger partial charge in [-0.3, -0.25) is 0 Å². The Morgan fingerprint density at radius 3 is 2.40 bits per heavy atom. The molecule has 0 atom stereocenters. The molecule has 1 aliphatic rings. The Balaban J connectivity index is 2.16. The van der Waals surface area contributed by atoms with Gasteiger partial charge in [-0.1, -0.05) is 6.07 Å². The molecule has 0 aliphatic carbocycles. The second-order valence-corrected chi connectivity index (χ2v) is 7.82. The fraction of sp³-hybridized carbons (Fsp3) is 0.533. The summed E-state index contributed by atoms with van der Waals surface area (Å²) >= 11 is 0. The average molecular weight is 379 g/mol. The molecule has 10 heteroatoms. The van der Waals surface area contributed by atoms with Crippen LogP contribution in [0.4, 0.5) is 23.2 Å². The number of sulfonamides is 1. The van der Waals surface area contributed by atoms with Crippen molar-refractivity contribution in [3.63, 3.8) is 0 Å². The van der Waals surface area contributed by atoms with E-state index in [9.17, 15) is 26.0 Å². The van der Waals surface area contributed by atoms with Crippen LogP contribution in [0.1, 0.15) is 18.4 Å². The molecule has 138 valence electrons. The maximum Gasteiger partial charge on any atom is 0.402 e. The standard InChI is InChI=1S/C15H17F4N3O2S/c1-25(23,24)22(10-15(17,18)19)11-5-7-21(8-6-11)14-4-2-3-13(16)12(14)9-20/h2-4,11H,5-8,10H2,1H3. The van der Waals surface area contributed by atoms with Crippen molar-refractivity contribution in [2.45, 2.75) is 25.1 Å². The van der Waals surface area contributed by atoms with Gasteiger partial charge in [-0.05, 0) is 25.0 Å². The van der Waals surface area contributed by atoms with E-state index in [1.54, 1.807) is 17.0 Å². The van der Waals surface area contributed by atoms with Gasteiger partial charge < -0.3 is 4.90 Å². The maximum atomic E-state index is 13.7. The van der Waals surface area contributed by atoms with Gasteiger partial charge >= 0.3 is 6.18 Å². The van der Waals surface area contributed by atoms with E-state index in [2.05, 4.69) is 0 Å². The zero-order chi connectivity index (χ0) is 18.8. The van der Waals surface area contributed by atoms with E-state index in [1.165, 1.54) is 6.07 Å². The second-order valence-electron chi connectivity index (χ2n) is 5.89. The van der Waals surface area contributed by atoms with Gasteiger partial charge in [0.2, 0.25) is 10.0 Å². The number of piperidine rings is 1. The minimum atomic E-state index is -4.63. The molecule has 0 saturated carbocycles. The van der Waals surface area contributed by atoms with E-state index < -0.39 is 34.6 Å². The van der Waals surface area contributed by atoms with Crippen LogP contribution in [0.25, 0.3) is 0 Å². The van der Waals surface area contributed by atoms with Crippen LogP contribution in [0.15, 0.2) is 18.2 Å². The van der Waals surface area contributed by atoms with Crippen molar-refractivity contribution in [2.24, 2.45) is 0 Å². The van der Waals surface area contributed by atoms with Crippen LogP contribution < -0.4 is 4.90 Å². The number of nitriles is 1. The third kappa shape index (κ3) is 4.83. The van der Waals surface area contributed by atoms with E-state index >= 15 is 0 Å². The minimum Gasteiger partial charge on any atom is -0.370 e. The molecule has 1 aromatic carbocycles. The number of hydrogen-bond donors (Lipinski definition) is 0. The first-order valence-electron chi connectivity index (χ1n) is 7.50. The van der Waals surface area contributed by atoms with E-state index in [0.29, 0.717) is 9.99 Å². The molecule has 0 N–H and O–H groups in total. The minimum absolute atomic E-state index is 0.129. The molecule has 0 radical (unpaired) electrons. The van der Waals surface area contributed by atoms with Gasteiger partial charge in [0, 0.05) is 19.1 Å². The van der Waals surface area contributed by atoms with Crippen LogP contribution in [0.5, 0.6) is 0 Å². The average Bonchev–Trinajstić information content (AvgIpc) is 2.51. The number of hydrogen-bond acceptors (Lipinski definition) is 4. The molecule has 5 nitrogen and oxygen atoms in total. The summed E-state index contributed by atoms with van der Waals surface area (Å²) in [6.07, 6.45) is -3.56. The predicted octanol–water partition coefficient (Wildman–Crippen LogP) is 2.49. The van der Waals surface area contributed by atoms with E-state index in [-0.39, 0.29) is 31.5 Å². The van der Waals surface area contributed by atoms with Crippen LogP contribution in [0, 0.1) is 17.1 Å². The van der Waals surface area contributed by atoms with Crippen molar-refractivity contribution in [2.75, 3.05) is 30.8 Å². The Kier molecular flexibility index (Phi) is 5.58. The number of halogens is 4. The lowest BCUT2D eigenvalue weighted by Gasteiger charge is -2.38. The van der Waals surface area contributed by atoms with Crippen LogP contribution in [-0.2, 0) is 10.0 Å². The van der Waals surface area contributed by atoms with Crippen molar-refractivity contribution in [3.05, 3.63) is 29.6 Å². The molecule has 1 fully saturated rings. The summed E-state index contributed by atoms with van der Waals surface area (Å²) in [5, 5.41) is 9.08. The normalized spacial score (nSPS) is 16.9. The van der Waals surface area contributed by atoms with Gasteiger partial charge in [0.25, 0.3) is 0 Å². The summed E-state index contributed by atoms with van der Waals surface area (Å²) in [4.78, 5) is 1.69. The molecule has 1 heterocycles. The number of benzene rings is 1. The third-order valence-electron chi connectivity index (χ3n) is 4.08. The van der Waals surface area contributed by atoms with E-state index in [4.69, 9.17) is 5.26 Å². The molecule has 25 heavy (non-hydrogen) atoms. The van der Waals surface area contributed by atoms with Crippen LogP contribution in [0.3, 0.4) is 0 Å². The molecular weight excluding hydrogens is 362 g/mol. The highest BCUT2D eigenvalue weighted by Gasteiger charge is 2.39. The van der Waals surface area contributed by atoms with Gasteiger partial charge in [-0.25, -0.2) is 12.8 Å². The Morgan fingerprint density at radius 2 is 1.92 bits per heavy atom. The van der Waals surface area contributed by atoms with Crippen LogP contribution in [0.2, 0.25) is 0 Å². The summed E-state index contributed by atoms with van der Waals surface area (Å²) in [5.74, 6) is -0.669. The van der Waals surface area contributed by atoms with Gasteiger partial charge in [-0.15, -0.1) is 0 Å². The lowest BCUT2D eigenvalue weighted by atomic mass is 10.0. The van der Waals surface area contributed by atoms with Crippen molar-refractivity contribution < 1.29 is 26.0 Å². The quantitative estimate of drug-likeness (QED) is 0.754. The summed E-state index contributed by atoms with van der Waals surface area (Å²) < 4.78 is 75.7. The molecule has 0 unspecified atom stereocenters. The molecule has 0 aromatic heterocycles. The number of alkyl halides is 3. The van der Waals surface area contributed by atoms with Crippen LogP contribution in [-0.4, -0.2) is 50.8 Å². The van der Waals surface area contributed by atoms with Gasteiger partial charge in [0.1, 0.15) is 24.0 Å². The molecule has 1 aliphatic heterocycles. The highest BCUT2D eigenvalue weighted by molar-refractivity contribution is 7.88. The highest BCUT2D eigenvalue weighted by Crippen LogP contribution is 2.29. The predicted molar refractivity (Wildman–Crippen MR) is 84.0 cm³/mol. The first-order chi connectivity index (χ1) is 11.5. The first kappa shape index (κ1) is 19.5. The number of anilines is 1. The first-order valence-corrected chi connectivity index (χ1v) is 9.35. The Labute approximate surface area is 143 Å². The van der Waals surface area contributed by atoms with Crippen molar-refractivity contribution in [3.8, 4) is 6.07 Å². The van der Waals surface area contributed by atoms with Gasteiger partial charge in [0.15, 0.2) is 0 Å². The van der Waals surface area contributed by atoms with E-state index in [0.717, 1.165) is 12.3 Å². The van der Waals surface area contributed by atoms with Gasteiger partial charge in [-0.2, -0.15) is 22.7 Å². The maximum absolute atomic E-state index is 13.7. The molecule has 0 bridgehead atoms. The SMILES string of the molecule is CS(=O)(=O)N(CC(F)(F)F)C1CCN(c2cccc(F)c2C#N)CC1. The molecule has 1 aromatic rings. The Hall–Kier alpha value is -1.86. The summed E-state index contributed by atoms with van der Waals surface area (Å²) in [5.41, 5.74) is 0.235. The van der Waals surface area contributed by atoms with Crippen molar-refractivity contribution >= 4 is 15.7 Å². The van der Waals surface area contributed by atoms with Crippen LogP contribution >= 0.6 is 0 Å². The van der Waals surface area contributed by atoms with Gasteiger partial charge in [0.05, 0.1) is 11.9 Å². The second kappa shape index (κ2) is 7.17. The largest absolute Gasteiger partial charge is 0.402 e. The zero-order valence-corrected chi connectivity index (χ0v) is 14.2. The lowest BCUT2D eigenvalue weighted by Crippen LogP contribution is -2.50. The molecular formula is C15H17F4N3O2S. The Morgan fingerprint density at radius 1 is 1.32 bits per heavy atom. The smallest absolute Gasteiger partial charge is 0.370 e. The molecule has 0 spiro atoms. The molecule has 0 amide bonds. The summed E-state index contributed by atoms with van der Waals surface area (Å²) in [7, 11) is -4.02. The third-order valence-corrected chi connectivity index (χ3v) is 5.36. The molecule has 1 saturated heterocycles. The number of rotatable bonds is 4. The van der Waals surface area contributed by atoms with Crippen molar-refractivity contribution in [1.82, 2.24) is 4.31 Å². The summed E-state index contributed by atoms with van der Waals surface area (Å²) in [6, 6.07) is 5.16. The Bertz CT molecular complexity index is 766. The highest BCUT2D eigenvalue weighted by atomic mass is 32.2. The fourth-order valence-electron chi connectivity index (χ4n) is 2.98. The summed E-state index contributed by atoms with van der Waals surface area (Å²) in [6.45, 7) is -1.07.